The lowest BCUT2D eigenvalue weighted by atomic mass is 10.1. The molecule has 2 aromatic rings. The van der Waals surface area contributed by atoms with Crippen molar-refractivity contribution in [1.82, 2.24) is 5.32 Å². The number of nitriles is 1. The molecule has 7 heteroatoms. The minimum absolute atomic E-state index is 0.221. The van der Waals surface area contributed by atoms with Crippen molar-refractivity contribution in [2.75, 3.05) is 13.7 Å². The number of halogens is 1. The second-order valence-electron chi connectivity index (χ2n) is 6.16. The zero-order valence-electron chi connectivity index (χ0n) is 16.1. The number of nitrogens with one attached hydrogen (secondary N) is 1. The van der Waals surface area contributed by atoms with Gasteiger partial charge < -0.3 is 14.8 Å². The lowest BCUT2D eigenvalue weighted by Gasteiger charge is -2.13. The third kappa shape index (κ3) is 6.78. The van der Waals surface area contributed by atoms with E-state index in [2.05, 4.69) is 5.32 Å². The second kappa shape index (κ2) is 10.6. The highest BCUT2D eigenvalue weighted by Crippen LogP contribution is 2.14. The summed E-state index contributed by atoms with van der Waals surface area (Å²) < 4.78 is 23.0. The van der Waals surface area contributed by atoms with Crippen LogP contribution in [0, 0.1) is 17.1 Å². The highest BCUT2D eigenvalue weighted by atomic mass is 19.1. The zero-order valence-corrected chi connectivity index (χ0v) is 16.1. The van der Waals surface area contributed by atoms with Gasteiger partial charge in [0.2, 0.25) is 0 Å². The number of benzene rings is 2. The van der Waals surface area contributed by atoms with Crippen LogP contribution in [0.3, 0.4) is 0 Å². The van der Waals surface area contributed by atoms with Gasteiger partial charge in [0.25, 0.3) is 5.91 Å². The van der Waals surface area contributed by atoms with Crippen LogP contribution in [-0.2, 0) is 20.7 Å². The number of carbonyl (C=O) groups excluding carboxylic acids is 2. The molecule has 0 heterocycles. The summed E-state index contributed by atoms with van der Waals surface area (Å²) in [5.74, 6) is -1.05. The van der Waals surface area contributed by atoms with Crippen molar-refractivity contribution in [3.63, 3.8) is 0 Å². The Morgan fingerprint density at radius 3 is 2.41 bits per heavy atom. The summed E-state index contributed by atoms with van der Waals surface area (Å²) in [5.41, 5.74) is 1.27. The molecule has 0 aliphatic carbocycles. The SMILES string of the molecule is COc1ccc(/C=C(\C#N)C(=O)O[C@H](C)C(=O)NCCc2ccc(F)cc2)cc1. The van der Waals surface area contributed by atoms with E-state index in [-0.39, 0.29) is 11.4 Å². The Morgan fingerprint density at radius 1 is 1.17 bits per heavy atom. The molecule has 1 amide bonds. The zero-order chi connectivity index (χ0) is 21.2. The second-order valence-corrected chi connectivity index (χ2v) is 6.16. The van der Waals surface area contributed by atoms with Crippen LogP contribution < -0.4 is 10.1 Å². The van der Waals surface area contributed by atoms with Crippen LogP contribution >= 0.6 is 0 Å². The van der Waals surface area contributed by atoms with E-state index in [9.17, 15) is 19.2 Å². The van der Waals surface area contributed by atoms with Gasteiger partial charge in [-0.05, 0) is 54.8 Å². The normalized spacial score (nSPS) is 11.9. The van der Waals surface area contributed by atoms with Crippen LogP contribution in [0.2, 0.25) is 0 Å². The Morgan fingerprint density at radius 2 is 1.83 bits per heavy atom. The van der Waals surface area contributed by atoms with E-state index in [1.807, 2.05) is 0 Å². The van der Waals surface area contributed by atoms with E-state index in [1.54, 1.807) is 42.5 Å². The number of ether oxygens (including phenoxy) is 2. The standard InChI is InChI=1S/C22H21FN2O4/c1-15(21(26)25-12-11-16-3-7-19(23)8-4-16)29-22(27)18(14-24)13-17-5-9-20(28-2)10-6-17/h3-10,13,15H,11-12H2,1-2H3,(H,25,26)/b18-13+/t15-/m1/s1. The molecule has 2 rings (SSSR count). The number of methoxy groups -OCH3 is 1. The summed E-state index contributed by atoms with van der Waals surface area (Å²) in [7, 11) is 1.54. The number of hydrogen-bond acceptors (Lipinski definition) is 5. The van der Waals surface area contributed by atoms with Crippen molar-refractivity contribution in [2.24, 2.45) is 0 Å². The molecule has 0 radical (unpaired) electrons. The first kappa shape index (κ1) is 21.6. The fraction of sp³-hybridized carbons (Fsp3) is 0.227. The first-order chi connectivity index (χ1) is 13.9. The molecule has 150 valence electrons. The molecule has 1 N–H and O–H groups in total. The molecule has 0 saturated heterocycles. The predicted molar refractivity (Wildman–Crippen MR) is 105 cm³/mol. The van der Waals surface area contributed by atoms with Gasteiger partial charge in [0, 0.05) is 6.54 Å². The van der Waals surface area contributed by atoms with Gasteiger partial charge in [-0.15, -0.1) is 0 Å². The van der Waals surface area contributed by atoms with Crippen molar-refractivity contribution in [3.8, 4) is 11.8 Å². The van der Waals surface area contributed by atoms with Crippen LogP contribution in [0.25, 0.3) is 6.08 Å². The van der Waals surface area contributed by atoms with Gasteiger partial charge in [0.15, 0.2) is 6.10 Å². The minimum Gasteiger partial charge on any atom is -0.497 e. The van der Waals surface area contributed by atoms with Gasteiger partial charge in [-0.25, -0.2) is 9.18 Å². The summed E-state index contributed by atoms with van der Waals surface area (Å²) in [5, 5.41) is 11.9. The van der Waals surface area contributed by atoms with Crippen molar-refractivity contribution in [1.29, 1.82) is 5.26 Å². The third-order valence-electron chi connectivity index (χ3n) is 4.05. The molecule has 0 bridgehead atoms. The summed E-state index contributed by atoms with van der Waals surface area (Å²) >= 11 is 0. The summed E-state index contributed by atoms with van der Waals surface area (Å²) in [6.07, 6.45) is 0.817. The summed E-state index contributed by atoms with van der Waals surface area (Å²) in [6, 6.07) is 14.5. The van der Waals surface area contributed by atoms with E-state index in [0.29, 0.717) is 24.3 Å². The topological polar surface area (TPSA) is 88.4 Å². The number of hydrogen-bond donors (Lipinski definition) is 1. The fourth-order valence-corrected chi connectivity index (χ4v) is 2.41. The molecule has 0 spiro atoms. The molecule has 1 atom stereocenters. The smallest absolute Gasteiger partial charge is 0.349 e. The fourth-order valence-electron chi connectivity index (χ4n) is 2.41. The minimum atomic E-state index is -1.07. The molecule has 0 aromatic heterocycles. The Bertz CT molecular complexity index is 915. The molecule has 0 unspecified atom stereocenters. The van der Waals surface area contributed by atoms with Crippen LogP contribution in [0.4, 0.5) is 4.39 Å². The lowest BCUT2D eigenvalue weighted by molar-refractivity contribution is -0.150. The first-order valence-electron chi connectivity index (χ1n) is 8.92. The molecule has 0 aliphatic heterocycles. The molecule has 6 nitrogen and oxygen atoms in total. The van der Waals surface area contributed by atoms with Gasteiger partial charge in [-0.2, -0.15) is 5.26 Å². The quantitative estimate of drug-likeness (QED) is 0.421. The molecule has 0 fully saturated rings. The maximum absolute atomic E-state index is 12.9. The summed E-state index contributed by atoms with van der Waals surface area (Å²) in [4.78, 5) is 24.3. The van der Waals surface area contributed by atoms with Gasteiger partial charge in [-0.3, -0.25) is 4.79 Å². The van der Waals surface area contributed by atoms with Crippen LogP contribution in [-0.4, -0.2) is 31.6 Å². The van der Waals surface area contributed by atoms with Crippen molar-refractivity contribution >= 4 is 18.0 Å². The van der Waals surface area contributed by atoms with Crippen molar-refractivity contribution in [2.45, 2.75) is 19.4 Å². The highest BCUT2D eigenvalue weighted by Gasteiger charge is 2.20. The number of esters is 1. The highest BCUT2D eigenvalue weighted by molar-refractivity contribution is 5.99. The predicted octanol–water partition coefficient (Wildman–Crippen LogP) is 3.03. The molecule has 29 heavy (non-hydrogen) atoms. The van der Waals surface area contributed by atoms with E-state index in [1.165, 1.54) is 32.2 Å². The molecule has 0 aliphatic rings. The molecular formula is C22H21FN2O4. The Labute approximate surface area is 168 Å². The van der Waals surface area contributed by atoms with E-state index in [4.69, 9.17) is 9.47 Å². The van der Waals surface area contributed by atoms with Crippen molar-refractivity contribution in [3.05, 3.63) is 71.0 Å². The van der Waals surface area contributed by atoms with Gasteiger partial charge in [0.05, 0.1) is 7.11 Å². The Balaban J connectivity index is 1.87. The Kier molecular flexibility index (Phi) is 7.92. The number of nitrogens with zero attached hydrogens (tertiary/aromatic N) is 1. The average molecular weight is 396 g/mol. The number of rotatable bonds is 8. The van der Waals surface area contributed by atoms with Crippen LogP contribution in [0.5, 0.6) is 5.75 Å². The van der Waals surface area contributed by atoms with Crippen LogP contribution in [0.1, 0.15) is 18.1 Å². The average Bonchev–Trinajstić information content (AvgIpc) is 2.73. The van der Waals surface area contributed by atoms with Crippen LogP contribution in [0.15, 0.2) is 54.1 Å². The number of carbonyl (C=O) groups is 2. The molecular weight excluding hydrogens is 375 g/mol. The maximum atomic E-state index is 12.9. The van der Waals surface area contributed by atoms with E-state index in [0.717, 1.165) is 5.56 Å². The maximum Gasteiger partial charge on any atom is 0.349 e. The largest absolute Gasteiger partial charge is 0.497 e. The van der Waals surface area contributed by atoms with Crippen molar-refractivity contribution < 1.29 is 23.5 Å². The van der Waals surface area contributed by atoms with Gasteiger partial charge >= 0.3 is 5.97 Å². The lowest BCUT2D eigenvalue weighted by Crippen LogP contribution is -2.37. The van der Waals surface area contributed by atoms with Gasteiger partial charge in [0.1, 0.15) is 23.2 Å². The first-order valence-corrected chi connectivity index (χ1v) is 8.92. The van der Waals surface area contributed by atoms with E-state index >= 15 is 0 Å². The molecule has 0 saturated carbocycles. The van der Waals surface area contributed by atoms with Gasteiger partial charge in [-0.1, -0.05) is 24.3 Å². The number of amides is 1. The Hall–Kier alpha value is -3.66. The molecule has 2 aromatic carbocycles. The monoisotopic (exact) mass is 396 g/mol. The van der Waals surface area contributed by atoms with E-state index < -0.39 is 18.0 Å². The summed E-state index contributed by atoms with van der Waals surface area (Å²) in [6.45, 7) is 1.73. The third-order valence-corrected chi connectivity index (χ3v) is 4.05.